The van der Waals surface area contributed by atoms with E-state index in [1.807, 2.05) is 37.3 Å². The maximum absolute atomic E-state index is 11.3. The summed E-state index contributed by atoms with van der Waals surface area (Å²) in [7, 11) is 0. The standard InChI is InChI=1S/C15H16N2O3/c1-10-4-6-12(7-5-10)8-9-13-16-17-14(20-13)15(3,19)11(2)18/h4-9,19H,1-3H3/b9-8+. The van der Waals surface area contributed by atoms with Gasteiger partial charge < -0.3 is 9.52 Å². The third-order valence-corrected chi connectivity index (χ3v) is 3.04. The minimum absolute atomic E-state index is 0.103. The quantitative estimate of drug-likeness (QED) is 0.924. The van der Waals surface area contributed by atoms with E-state index in [0.29, 0.717) is 0 Å². The Labute approximate surface area is 117 Å². The van der Waals surface area contributed by atoms with Gasteiger partial charge in [-0.1, -0.05) is 29.8 Å². The molecule has 0 aliphatic carbocycles. The van der Waals surface area contributed by atoms with Crippen molar-refractivity contribution in [1.82, 2.24) is 10.2 Å². The van der Waals surface area contributed by atoms with Crippen LogP contribution in [0.4, 0.5) is 0 Å². The number of carbonyl (C=O) groups is 1. The molecule has 0 bridgehead atoms. The van der Waals surface area contributed by atoms with E-state index in [9.17, 15) is 9.90 Å². The number of aryl methyl sites for hydroxylation is 1. The van der Waals surface area contributed by atoms with Gasteiger partial charge in [-0.25, -0.2) is 0 Å². The molecular weight excluding hydrogens is 256 g/mol. The summed E-state index contributed by atoms with van der Waals surface area (Å²) in [6.07, 6.45) is 3.45. The van der Waals surface area contributed by atoms with Gasteiger partial charge in [0, 0.05) is 6.08 Å². The summed E-state index contributed by atoms with van der Waals surface area (Å²) in [5.41, 5.74) is 0.427. The molecule has 0 spiro atoms. The molecule has 0 fully saturated rings. The van der Waals surface area contributed by atoms with E-state index in [1.54, 1.807) is 6.08 Å². The second-order valence-corrected chi connectivity index (χ2v) is 4.82. The highest BCUT2D eigenvalue weighted by Crippen LogP contribution is 2.20. The summed E-state index contributed by atoms with van der Waals surface area (Å²) in [6.45, 7) is 4.62. The summed E-state index contributed by atoms with van der Waals surface area (Å²) >= 11 is 0. The molecule has 20 heavy (non-hydrogen) atoms. The predicted molar refractivity (Wildman–Crippen MR) is 74.7 cm³/mol. The van der Waals surface area contributed by atoms with Crippen LogP contribution in [0.15, 0.2) is 28.7 Å². The number of ketones is 1. The Morgan fingerprint density at radius 3 is 2.50 bits per heavy atom. The minimum atomic E-state index is -1.75. The average Bonchev–Trinajstić information content (AvgIpc) is 2.87. The van der Waals surface area contributed by atoms with Crippen LogP contribution in [0.5, 0.6) is 0 Å². The first-order chi connectivity index (χ1) is 9.39. The lowest BCUT2D eigenvalue weighted by atomic mass is 10.0. The number of benzene rings is 1. The molecule has 1 N–H and O–H groups in total. The Morgan fingerprint density at radius 1 is 1.25 bits per heavy atom. The minimum Gasteiger partial charge on any atom is -0.418 e. The highest BCUT2D eigenvalue weighted by atomic mass is 16.4. The van der Waals surface area contributed by atoms with Gasteiger partial charge in [-0.3, -0.25) is 4.79 Å². The van der Waals surface area contributed by atoms with Gasteiger partial charge in [0.1, 0.15) is 0 Å². The topological polar surface area (TPSA) is 76.2 Å². The fourth-order valence-electron chi connectivity index (χ4n) is 1.49. The summed E-state index contributed by atoms with van der Waals surface area (Å²) < 4.78 is 5.28. The Kier molecular flexibility index (Phi) is 3.81. The molecule has 1 aromatic heterocycles. The van der Waals surface area contributed by atoms with E-state index >= 15 is 0 Å². The molecule has 0 aliphatic rings. The molecule has 5 heteroatoms. The second-order valence-electron chi connectivity index (χ2n) is 4.82. The number of rotatable bonds is 4. The van der Waals surface area contributed by atoms with Crippen molar-refractivity contribution < 1.29 is 14.3 Å². The van der Waals surface area contributed by atoms with Gasteiger partial charge in [0.15, 0.2) is 11.4 Å². The smallest absolute Gasteiger partial charge is 0.255 e. The fraction of sp³-hybridized carbons (Fsp3) is 0.267. The van der Waals surface area contributed by atoms with Gasteiger partial charge in [0.05, 0.1) is 0 Å². The Morgan fingerprint density at radius 2 is 1.90 bits per heavy atom. The normalized spacial score (nSPS) is 14.4. The number of hydrogen-bond acceptors (Lipinski definition) is 5. The summed E-state index contributed by atoms with van der Waals surface area (Å²) in [6, 6.07) is 7.93. The molecule has 1 atom stereocenters. The first-order valence-electron chi connectivity index (χ1n) is 6.22. The summed E-state index contributed by atoms with van der Waals surface area (Å²) in [5.74, 6) is -0.314. The Balaban J connectivity index is 2.18. The van der Waals surface area contributed by atoms with Crippen LogP contribution in [0.2, 0.25) is 0 Å². The van der Waals surface area contributed by atoms with Crippen molar-refractivity contribution >= 4 is 17.9 Å². The molecule has 1 aromatic carbocycles. The lowest BCUT2D eigenvalue weighted by molar-refractivity contribution is -0.136. The third kappa shape index (κ3) is 3.00. The van der Waals surface area contributed by atoms with Crippen molar-refractivity contribution in [3.8, 4) is 0 Å². The molecule has 0 aliphatic heterocycles. The zero-order valence-corrected chi connectivity index (χ0v) is 11.6. The summed E-state index contributed by atoms with van der Waals surface area (Å²) in [5, 5.41) is 17.4. The maximum atomic E-state index is 11.3. The van der Waals surface area contributed by atoms with Gasteiger partial charge in [0.2, 0.25) is 5.89 Å². The van der Waals surface area contributed by atoms with Gasteiger partial charge in [-0.05, 0) is 32.4 Å². The number of aliphatic hydroxyl groups is 1. The highest BCUT2D eigenvalue weighted by Gasteiger charge is 2.34. The maximum Gasteiger partial charge on any atom is 0.255 e. The molecular formula is C15H16N2O3. The zero-order chi connectivity index (χ0) is 14.8. The van der Waals surface area contributed by atoms with Crippen molar-refractivity contribution in [3.63, 3.8) is 0 Å². The molecule has 0 saturated carbocycles. The number of nitrogens with zero attached hydrogens (tertiary/aromatic N) is 2. The van der Waals surface area contributed by atoms with Crippen LogP contribution in [-0.2, 0) is 10.4 Å². The van der Waals surface area contributed by atoms with E-state index in [-0.39, 0.29) is 11.8 Å². The molecule has 0 saturated heterocycles. The van der Waals surface area contributed by atoms with Crippen molar-refractivity contribution in [2.75, 3.05) is 0 Å². The molecule has 1 unspecified atom stereocenters. The number of carbonyl (C=O) groups excluding carboxylic acids is 1. The zero-order valence-electron chi connectivity index (χ0n) is 11.6. The Bertz CT molecular complexity index is 639. The molecule has 1 heterocycles. The number of Topliss-reactive ketones (excluding diaryl/α,β-unsaturated/α-hetero) is 1. The van der Waals surface area contributed by atoms with Crippen LogP contribution in [0.25, 0.3) is 12.2 Å². The molecule has 0 radical (unpaired) electrons. The van der Waals surface area contributed by atoms with E-state index in [2.05, 4.69) is 10.2 Å². The first-order valence-corrected chi connectivity index (χ1v) is 6.22. The van der Waals surface area contributed by atoms with Crippen LogP contribution in [0, 0.1) is 6.92 Å². The van der Waals surface area contributed by atoms with Gasteiger partial charge in [-0.2, -0.15) is 0 Å². The lowest BCUT2D eigenvalue weighted by Gasteiger charge is -2.13. The molecule has 5 nitrogen and oxygen atoms in total. The monoisotopic (exact) mass is 272 g/mol. The SMILES string of the molecule is CC(=O)C(C)(O)c1nnc(/C=C/c2ccc(C)cc2)o1. The van der Waals surface area contributed by atoms with Crippen molar-refractivity contribution in [1.29, 1.82) is 0 Å². The highest BCUT2D eigenvalue weighted by molar-refractivity contribution is 5.84. The van der Waals surface area contributed by atoms with Gasteiger partial charge in [-0.15, -0.1) is 10.2 Å². The van der Waals surface area contributed by atoms with Crippen molar-refractivity contribution in [2.24, 2.45) is 0 Å². The van der Waals surface area contributed by atoms with Crippen molar-refractivity contribution in [3.05, 3.63) is 47.2 Å². The largest absolute Gasteiger partial charge is 0.418 e. The Hall–Kier alpha value is -2.27. The first kappa shape index (κ1) is 14.1. The summed E-state index contributed by atoms with van der Waals surface area (Å²) in [4.78, 5) is 11.3. The van der Waals surface area contributed by atoms with E-state index in [1.165, 1.54) is 19.4 Å². The third-order valence-electron chi connectivity index (χ3n) is 3.04. The van der Waals surface area contributed by atoms with Crippen LogP contribution in [-0.4, -0.2) is 21.1 Å². The molecule has 104 valence electrons. The van der Waals surface area contributed by atoms with E-state index in [4.69, 9.17) is 4.42 Å². The average molecular weight is 272 g/mol. The second kappa shape index (κ2) is 5.38. The van der Waals surface area contributed by atoms with Crippen LogP contribution in [0.1, 0.15) is 36.8 Å². The fourth-order valence-corrected chi connectivity index (χ4v) is 1.49. The van der Waals surface area contributed by atoms with E-state index < -0.39 is 11.4 Å². The van der Waals surface area contributed by atoms with Crippen LogP contribution < -0.4 is 0 Å². The van der Waals surface area contributed by atoms with Crippen molar-refractivity contribution in [2.45, 2.75) is 26.4 Å². The van der Waals surface area contributed by atoms with Gasteiger partial charge in [0.25, 0.3) is 5.89 Å². The van der Waals surface area contributed by atoms with Crippen LogP contribution >= 0.6 is 0 Å². The number of hydrogen-bond donors (Lipinski definition) is 1. The number of aromatic nitrogens is 2. The predicted octanol–water partition coefficient (Wildman–Crippen LogP) is 2.34. The van der Waals surface area contributed by atoms with Gasteiger partial charge >= 0.3 is 0 Å². The van der Waals surface area contributed by atoms with E-state index in [0.717, 1.165) is 5.56 Å². The molecule has 2 rings (SSSR count). The lowest BCUT2D eigenvalue weighted by Crippen LogP contribution is -2.30. The molecule has 2 aromatic rings. The van der Waals surface area contributed by atoms with Crippen LogP contribution in [0.3, 0.4) is 0 Å². The molecule has 0 amide bonds.